The van der Waals surface area contributed by atoms with Crippen LogP contribution in [0.15, 0.2) is 23.6 Å². The zero-order valence-corrected chi connectivity index (χ0v) is 18.5. The number of ketones is 1. The van der Waals surface area contributed by atoms with Crippen molar-refractivity contribution in [3.05, 3.63) is 44.7 Å². The summed E-state index contributed by atoms with van der Waals surface area (Å²) in [5.74, 6) is 1.02. The van der Waals surface area contributed by atoms with Crippen molar-refractivity contribution >= 4 is 40.4 Å². The fourth-order valence-electron chi connectivity index (χ4n) is 4.04. The number of amides is 1. The van der Waals surface area contributed by atoms with Crippen LogP contribution in [0, 0.1) is 18.8 Å². The summed E-state index contributed by atoms with van der Waals surface area (Å²) in [6.45, 7) is 3.66. The molecule has 156 valence electrons. The lowest BCUT2D eigenvalue weighted by Gasteiger charge is -2.17. The highest BCUT2D eigenvalue weighted by Gasteiger charge is 2.31. The maximum absolute atomic E-state index is 12.6. The molecule has 0 saturated heterocycles. The molecule has 5 nitrogen and oxygen atoms in total. The van der Waals surface area contributed by atoms with Gasteiger partial charge in [0.25, 0.3) is 0 Å². The number of anilines is 1. The van der Waals surface area contributed by atoms with Crippen LogP contribution in [0.5, 0.6) is 0 Å². The third-order valence-electron chi connectivity index (χ3n) is 5.76. The smallest absolute Gasteiger partial charge is 0.223 e. The van der Waals surface area contributed by atoms with Gasteiger partial charge in [-0.1, -0.05) is 17.7 Å². The van der Waals surface area contributed by atoms with Crippen LogP contribution >= 0.6 is 22.9 Å². The number of nitrogens with two attached hydrogens (primary N) is 1. The summed E-state index contributed by atoms with van der Waals surface area (Å²) < 4.78 is 0.810. The summed E-state index contributed by atoms with van der Waals surface area (Å²) in [5, 5.41) is 5.02. The van der Waals surface area contributed by atoms with Crippen LogP contribution in [-0.2, 0) is 22.4 Å². The molecular formula is C22H28ClN3O2S. The molecule has 0 bridgehead atoms. The zero-order valence-electron chi connectivity index (χ0n) is 16.9. The van der Waals surface area contributed by atoms with Gasteiger partial charge in [-0.2, -0.15) is 0 Å². The lowest BCUT2D eigenvalue weighted by atomic mass is 9.97. The number of aromatic nitrogens is 1. The topological polar surface area (TPSA) is 85.1 Å². The van der Waals surface area contributed by atoms with E-state index in [4.69, 9.17) is 17.3 Å². The zero-order chi connectivity index (χ0) is 21.0. The van der Waals surface area contributed by atoms with Crippen molar-refractivity contribution in [2.24, 2.45) is 11.8 Å². The Bertz CT molecular complexity index is 883. The predicted molar refractivity (Wildman–Crippen MR) is 118 cm³/mol. The lowest BCUT2D eigenvalue weighted by Crippen LogP contribution is -2.41. The molecule has 29 heavy (non-hydrogen) atoms. The molecule has 0 spiro atoms. The van der Waals surface area contributed by atoms with Crippen LogP contribution in [-0.4, -0.2) is 22.7 Å². The average molecular weight is 434 g/mol. The number of hydrogen-bond acceptors (Lipinski definition) is 5. The van der Waals surface area contributed by atoms with Gasteiger partial charge in [0.2, 0.25) is 5.91 Å². The van der Waals surface area contributed by atoms with Gasteiger partial charge in [-0.15, -0.1) is 11.3 Å². The number of nitrogens with one attached hydrogen (secondary N) is 1. The van der Waals surface area contributed by atoms with Crippen LogP contribution in [0.1, 0.15) is 49.4 Å². The second-order valence-corrected chi connectivity index (χ2v) is 9.56. The standard InChI is InChI=1S/C22H28ClN3O2S/c1-13-17(6-8-21(24)25-13)5-7-19(27)14(2)26-22(28)18-4-3-15(10-18)9-16-11-20(23)29-12-16/h6,8,11-12,14-15,18H,3-5,7,9-10H2,1-2H3,(H2,24,25)(H,26,28)/t14-,15-,18+/m0/s1. The molecule has 3 atom stereocenters. The fourth-order valence-corrected chi connectivity index (χ4v) is 4.97. The number of rotatable bonds is 8. The van der Waals surface area contributed by atoms with Gasteiger partial charge in [0.15, 0.2) is 5.78 Å². The van der Waals surface area contributed by atoms with Gasteiger partial charge in [0, 0.05) is 18.0 Å². The van der Waals surface area contributed by atoms with Crippen molar-refractivity contribution in [1.29, 1.82) is 0 Å². The molecule has 2 heterocycles. The maximum atomic E-state index is 12.6. The van der Waals surface area contributed by atoms with Crippen LogP contribution in [0.25, 0.3) is 0 Å². The third kappa shape index (κ3) is 6.03. The van der Waals surface area contributed by atoms with Gasteiger partial charge in [0.1, 0.15) is 5.82 Å². The monoisotopic (exact) mass is 433 g/mol. The minimum atomic E-state index is -0.473. The first-order valence-electron chi connectivity index (χ1n) is 10.1. The highest BCUT2D eigenvalue weighted by molar-refractivity contribution is 7.14. The van der Waals surface area contributed by atoms with E-state index >= 15 is 0 Å². The van der Waals surface area contributed by atoms with Gasteiger partial charge in [0.05, 0.1) is 10.4 Å². The van der Waals surface area contributed by atoms with E-state index in [9.17, 15) is 9.59 Å². The first-order chi connectivity index (χ1) is 13.8. The van der Waals surface area contributed by atoms with Crippen molar-refractivity contribution in [3.63, 3.8) is 0 Å². The molecule has 0 aliphatic heterocycles. The number of nitrogens with zero attached hydrogens (tertiary/aromatic N) is 1. The van der Waals surface area contributed by atoms with Crippen LogP contribution in [0.4, 0.5) is 5.82 Å². The Balaban J connectivity index is 1.44. The Morgan fingerprint density at radius 3 is 2.86 bits per heavy atom. The number of thiophene rings is 1. The van der Waals surface area contributed by atoms with Crippen molar-refractivity contribution in [3.8, 4) is 0 Å². The number of hydrogen-bond donors (Lipinski definition) is 2. The van der Waals surface area contributed by atoms with Crippen LogP contribution in [0.3, 0.4) is 0 Å². The molecule has 1 aliphatic carbocycles. The highest BCUT2D eigenvalue weighted by atomic mass is 35.5. The number of carbonyl (C=O) groups excluding carboxylic acids is 2. The SMILES string of the molecule is Cc1nc(N)ccc1CCC(=O)[C@H](C)NC(=O)[C@@H]1CC[C@@H](Cc2csc(Cl)c2)C1. The van der Waals surface area contributed by atoms with Gasteiger partial charge in [-0.05, 0) is 80.5 Å². The summed E-state index contributed by atoms with van der Waals surface area (Å²) in [5.41, 5.74) is 8.78. The number of carbonyl (C=O) groups is 2. The molecule has 0 radical (unpaired) electrons. The molecular weight excluding hydrogens is 406 g/mol. The molecule has 1 saturated carbocycles. The third-order valence-corrected chi connectivity index (χ3v) is 6.90. The number of aryl methyl sites for hydroxylation is 2. The van der Waals surface area contributed by atoms with E-state index in [1.807, 2.05) is 19.1 Å². The van der Waals surface area contributed by atoms with Crippen molar-refractivity contribution in [1.82, 2.24) is 10.3 Å². The van der Waals surface area contributed by atoms with E-state index in [-0.39, 0.29) is 17.6 Å². The largest absolute Gasteiger partial charge is 0.384 e. The minimum absolute atomic E-state index is 0.00188. The molecule has 0 aromatic carbocycles. The number of pyridine rings is 1. The number of nitrogen functional groups attached to an aromatic ring is 1. The second kappa shape index (κ2) is 9.72. The molecule has 3 rings (SSSR count). The molecule has 1 amide bonds. The summed E-state index contributed by atoms with van der Waals surface area (Å²) >= 11 is 7.56. The number of halogens is 1. The van der Waals surface area contributed by atoms with Crippen molar-refractivity contribution in [2.45, 2.75) is 58.4 Å². The Morgan fingerprint density at radius 2 is 2.17 bits per heavy atom. The van der Waals surface area contributed by atoms with E-state index in [1.165, 1.54) is 5.56 Å². The van der Waals surface area contributed by atoms with Gasteiger partial charge < -0.3 is 11.1 Å². The minimum Gasteiger partial charge on any atom is -0.384 e. The predicted octanol–water partition coefficient (Wildman–Crippen LogP) is 4.35. The Hall–Kier alpha value is -1.92. The van der Waals surface area contributed by atoms with Crippen LogP contribution in [0.2, 0.25) is 4.34 Å². The Kier molecular flexibility index (Phi) is 7.30. The van der Waals surface area contributed by atoms with E-state index in [2.05, 4.69) is 15.7 Å². The van der Waals surface area contributed by atoms with Gasteiger partial charge in [-0.3, -0.25) is 9.59 Å². The maximum Gasteiger partial charge on any atom is 0.223 e. The highest BCUT2D eigenvalue weighted by Crippen LogP contribution is 2.34. The second-order valence-electron chi connectivity index (χ2n) is 8.02. The lowest BCUT2D eigenvalue weighted by molar-refractivity contribution is -0.129. The molecule has 2 aromatic heterocycles. The number of Topliss-reactive ketones (excluding diaryl/α,β-unsaturated/α-hetero) is 1. The average Bonchev–Trinajstić information content (AvgIpc) is 3.30. The fraction of sp³-hybridized carbons (Fsp3) is 0.500. The van der Waals surface area contributed by atoms with E-state index in [1.54, 1.807) is 24.3 Å². The Labute approximate surface area is 181 Å². The molecule has 1 fully saturated rings. The van der Waals surface area contributed by atoms with Gasteiger partial charge in [-0.25, -0.2) is 4.98 Å². The molecule has 1 aliphatic rings. The molecule has 0 unspecified atom stereocenters. The molecule has 3 N–H and O–H groups in total. The molecule has 2 aromatic rings. The van der Waals surface area contributed by atoms with Crippen molar-refractivity contribution < 1.29 is 9.59 Å². The first kappa shape index (κ1) is 21.8. The normalized spacial score (nSPS) is 19.8. The summed E-state index contributed by atoms with van der Waals surface area (Å²) in [7, 11) is 0. The summed E-state index contributed by atoms with van der Waals surface area (Å²) in [6.07, 6.45) is 4.74. The van der Waals surface area contributed by atoms with Crippen molar-refractivity contribution in [2.75, 3.05) is 5.73 Å². The summed E-state index contributed by atoms with van der Waals surface area (Å²) in [4.78, 5) is 29.3. The van der Waals surface area contributed by atoms with Crippen LogP contribution < -0.4 is 11.1 Å². The Morgan fingerprint density at radius 1 is 1.38 bits per heavy atom. The summed E-state index contributed by atoms with van der Waals surface area (Å²) in [6, 6.07) is 5.20. The first-order valence-corrected chi connectivity index (χ1v) is 11.4. The van der Waals surface area contributed by atoms with E-state index in [0.717, 1.165) is 41.3 Å². The van der Waals surface area contributed by atoms with E-state index < -0.39 is 6.04 Å². The quantitative estimate of drug-likeness (QED) is 0.647. The van der Waals surface area contributed by atoms with Gasteiger partial charge >= 0.3 is 0 Å². The molecule has 7 heteroatoms. The van der Waals surface area contributed by atoms with E-state index in [0.29, 0.717) is 24.6 Å².